The van der Waals surface area contributed by atoms with Crippen molar-refractivity contribution in [1.29, 1.82) is 0 Å². The maximum Gasteiger partial charge on any atom is 0.441 e. The molecule has 2 bridgehead atoms. The zero-order valence-electron chi connectivity index (χ0n) is 15.9. The molecular formula is C19H20F3N4O2+. The minimum atomic E-state index is -4.69. The predicted molar refractivity (Wildman–Crippen MR) is 95.3 cm³/mol. The molecule has 6 nitrogen and oxygen atoms in total. The van der Waals surface area contributed by atoms with Gasteiger partial charge in [0.15, 0.2) is 6.20 Å². The van der Waals surface area contributed by atoms with Crippen LogP contribution in [-0.4, -0.2) is 27.4 Å². The van der Waals surface area contributed by atoms with Gasteiger partial charge in [0.1, 0.15) is 0 Å². The third-order valence-corrected chi connectivity index (χ3v) is 4.39. The molecule has 0 atom stereocenters. The Kier molecular flexibility index (Phi) is 4.86. The number of alkyl halides is 3. The molecule has 0 spiro atoms. The topological polar surface area (TPSA) is 67.9 Å². The number of benzene rings is 1. The first kappa shape index (κ1) is 19.8. The molecule has 3 rings (SSSR count). The molecule has 0 fully saturated rings. The molecule has 0 saturated carbocycles. The van der Waals surface area contributed by atoms with E-state index in [4.69, 9.17) is 0 Å². The lowest BCUT2D eigenvalue weighted by Gasteiger charge is -2.12. The Morgan fingerprint density at radius 3 is 2.54 bits per heavy atom. The lowest BCUT2D eigenvalue weighted by atomic mass is 10.00. The van der Waals surface area contributed by atoms with E-state index in [1.54, 1.807) is 39.8 Å². The fraction of sp³-hybridized carbons (Fsp3) is 0.368. The minimum absolute atomic E-state index is 0.0561. The molecule has 1 N–H and O–H groups in total. The summed E-state index contributed by atoms with van der Waals surface area (Å²) in [7, 11) is 0. The summed E-state index contributed by atoms with van der Waals surface area (Å²) in [4.78, 5) is 29.4. The molecule has 1 amide bonds. The van der Waals surface area contributed by atoms with Crippen LogP contribution in [0, 0.1) is 6.92 Å². The largest absolute Gasteiger partial charge is 0.441 e. The van der Waals surface area contributed by atoms with Crippen molar-refractivity contribution in [3.63, 3.8) is 0 Å². The Labute approximate surface area is 159 Å². The van der Waals surface area contributed by atoms with E-state index >= 15 is 0 Å². The maximum absolute atomic E-state index is 13.4. The zero-order valence-corrected chi connectivity index (χ0v) is 15.9. The number of carbonyl (C=O) groups excluding carboxylic acids is 2. The van der Waals surface area contributed by atoms with Gasteiger partial charge in [0, 0.05) is 6.04 Å². The number of rotatable bonds is 4. The average molecular weight is 393 g/mol. The highest BCUT2D eigenvalue weighted by molar-refractivity contribution is 6.11. The molecular weight excluding hydrogens is 373 g/mol. The van der Waals surface area contributed by atoms with Gasteiger partial charge >= 0.3 is 17.7 Å². The lowest BCUT2D eigenvalue weighted by Crippen LogP contribution is -2.35. The van der Waals surface area contributed by atoms with Gasteiger partial charge in [-0.05, 0) is 39.3 Å². The second-order valence-corrected chi connectivity index (χ2v) is 6.82. The van der Waals surface area contributed by atoms with Gasteiger partial charge < -0.3 is 5.32 Å². The summed E-state index contributed by atoms with van der Waals surface area (Å²) in [6, 6.07) is 4.59. The number of hydrogen-bond donors (Lipinski definition) is 1. The number of fused-ring (bicyclic) bond motifs is 2. The summed E-state index contributed by atoms with van der Waals surface area (Å²) in [6.07, 6.45) is -3.30. The molecule has 0 aliphatic rings. The normalized spacial score (nSPS) is 12.1. The number of halogens is 3. The number of nitrogens with one attached hydrogen (secondary N) is 1. The van der Waals surface area contributed by atoms with E-state index in [0.717, 1.165) is 4.57 Å². The van der Waals surface area contributed by atoms with Crippen LogP contribution in [0.25, 0.3) is 11.3 Å². The fourth-order valence-electron chi connectivity index (χ4n) is 3.20. The highest BCUT2D eigenvalue weighted by atomic mass is 19.4. The summed E-state index contributed by atoms with van der Waals surface area (Å²) >= 11 is 0. The first-order valence-electron chi connectivity index (χ1n) is 8.82. The Bertz CT molecular complexity index is 1050. The van der Waals surface area contributed by atoms with Gasteiger partial charge in [-0.1, -0.05) is 12.1 Å². The third-order valence-electron chi connectivity index (χ3n) is 4.39. The molecule has 3 aromatic rings. The van der Waals surface area contributed by atoms with Gasteiger partial charge in [-0.15, -0.1) is 4.57 Å². The standard InChI is InChI=1S/C19H19F3N4O2/c1-5-25-9-13-24-15(19(20,21)22)17(25)26(13)18(28)14-11(4)7-6-8-12(14)16(27)23-10(2)3/h6-10H,5H2,1-4H3/p+1. The Balaban J connectivity index is 2.21. The van der Waals surface area contributed by atoms with E-state index in [0.29, 0.717) is 5.56 Å². The number of amides is 1. The van der Waals surface area contributed by atoms with Gasteiger partial charge in [0.25, 0.3) is 11.6 Å². The van der Waals surface area contributed by atoms with E-state index in [2.05, 4.69) is 10.3 Å². The van der Waals surface area contributed by atoms with Crippen molar-refractivity contribution in [1.82, 2.24) is 14.9 Å². The van der Waals surface area contributed by atoms with Crippen molar-refractivity contribution >= 4 is 23.1 Å². The van der Waals surface area contributed by atoms with Crippen molar-refractivity contribution in [3.05, 3.63) is 46.8 Å². The maximum atomic E-state index is 13.4. The fourth-order valence-corrected chi connectivity index (χ4v) is 3.20. The first-order chi connectivity index (χ1) is 13.1. The molecule has 2 heterocycles. The quantitative estimate of drug-likeness (QED) is 0.693. The van der Waals surface area contributed by atoms with Crippen molar-refractivity contribution in [3.8, 4) is 0 Å². The Morgan fingerprint density at radius 1 is 1.29 bits per heavy atom. The van der Waals surface area contributed by atoms with Crippen molar-refractivity contribution in [2.75, 3.05) is 0 Å². The summed E-state index contributed by atoms with van der Waals surface area (Å²) in [5, 5.41) is 2.71. The predicted octanol–water partition coefficient (Wildman–Crippen LogP) is 2.94. The van der Waals surface area contributed by atoms with Crippen LogP contribution in [0.4, 0.5) is 13.2 Å². The van der Waals surface area contributed by atoms with E-state index in [1.165, 1.54) is 16.8 Å². The van der Waals surface area contributed by atoms with Crippen LogP contribution in [0.1, 0.15) is 52.7 Å². The number of carbonyl (C=O) groups is 2. The Hall–Kier alpha value is -2.97. The van der Waals surface area contributed by atoms with Crippen LogP contribution in [0.2, 0.25) is 0 Å². The number of nitrogens with zero attached hydrogens (tertiary/aromatic N) is 3. The number of imidazole rings is 2. The second-order valence-electron chi connectivity index (χ2n) is 6.82. The minimum Gasteiger partial charge on any atom is -0.350 e. The molecule has 2 aromatic heterocycles. The van der Waals surface area contributed by atoms with Gasteiger partial charge in [0.05, 0.1) is 17.7 Å². The Morgan fingerprint density at radius 2 is 1.96 bits per heavy atom. The first-order valence-corrected chi connectivity index (χ1v) is 8.82. The summed E-state index contributed by atoms with van der Waals surface area (Å²) < 4.78 is 42.4. The van der Waals surface area contributed by atoms with Crippen molar-refractivity contribution in [2.24, 2.45) is 0 Å². The van der Waals surface area contributed by atoms with Crippen LogP contribution >= 0.6 is 0 Å². The molecule has 0 saturated heterocycles. The number of aromatic nitrogens is 3. The summed E-state index contributed by atoms with van der Waals surface area (Å²) in [6.45, 7) is 7.11. The van der Waals surface area contributed by atoms with E-state index in [9.17, 15) is 22.8 Å². The van der Waals surface area contributed by atoms with E-state index in [-0.39, 0.29) is 35.0 Å². The lowest BCUT2D eigenvalue weighted by molar-refractivity contribution is -0.668. The molecule has 9 heteroatoms. The van der Waals surface area contributed by atoms with Crippen molar-refractivity contribution in [2.45, 2.75) is 46.5 Å². The zero-order chi connectivity index (χ0) is 20.8. The molecule has 148 valence electrons. The summed E-state index contributed by atoms with van der Waals surface area (Å²) in [5.41, 5.74) is -0.878. The summed E-state index contributed by atoms with van der Waals surface area (Å²) in [5.74, 6) is -1.18. The molecule has 0 aliphatic carbocycles. The number of hydrogen-bond acceptors (Lipinski definition) is 3. The molecule has 0 radical (unpaired) electrons. The van der Waals surface area contributed by atoms with Crippen LogP contribution < -0.4 is 9.88 Å². The smallest absolute Gasteiger partial charge is 0.350 e. The molecule has 1 aromatic carbocycles. The SMILES string of the molecule is CC[n+]1cc2nc(C(F)(F)F)c1n2C(=O)c1c(C)cccc1C(=O)NC(C)C. The van der Waals surface area contributed by atoms with Crippen LogP contribution in [0.15, 0.2) is 24.4 Å². The molecule has 0 aliphatic heterocycles. The van der Waals surface area contributed by atoms with Crippen LogP contribution in [0.5, 0.6) is 0 Å². The third kappa shape index (κ3) is 3.21. The monoisotopic (exact) mass is 393 g/mol. The van der Waals surface area contributed by atoms with E-state index in [1.807, 2.05) is 0 Å². The highest BCUT2D eigenvalue weighted by Crippen LogP contribution is 2.33. The van der Waals surface area contributed by atoms with Crippen molar-refractivity contribution < 1.29 is 27.3 Å². The van der Waals surface area contributed by atoms with E-state index < -0.39 is 23.7 Å². The highest BCUT2D eigenvalue weighted by Gasteiger charge is 2.45. The van der Waals surface area contributed by atoms with Crippen LogP contribution in [-0.2, 0) is 12.7 Å². The van der Waals surface area contributed by atoms with Gasteiger partial charge in [0.2, 0.25) is 5.69 Å². The molecule has 28 heavy (non-hydrogen) atoms. The van der Waals surface area contributed by atoms with Gasteiger partial charge in [-0.3, -0.25) is 4.79 Å². The molecule has 0 unspecified atom stereocenters. The van der Waals surface area contributed by atoms with Gasteiger partial charge in [-0.25, -0.2) is 9.36 Å². The van der Waals surface area contributed by atoms with Gasteiger partial charge in [-0.2, -0.15) is 18.2 Å². The second kappa shape index (κ2) is 6.88. The number of aryl methyl sites for hydroxylation is 2. The van der Waals surface area contributed by atoms with Crippen LogP contribution in [0.3, 0.4) is 0 Å². The average Bonchev–Trinajstić information content (AvgIpc) is 3.15.